The monoisotopic (exact) mass is 258 g/mol. The average Bonchev–Trinajstić information content (AvgIpc) is 2.42. The number of benzene rings is 1. The van der Waals surface area contributed by atoms with Crippen molar-refractivity contribution in [1.29, 1.82) is 0 Å². The lowest BCUT2D eigenvalue weighted by Gasteiger charge is -2.19. The lowest BCUT2D eigenvalue weighted by atomic mass is 10.1. The molecule has 2 aromatic rings. The van der Waals surface area contributed by atoms with Gasteiger partial charge in [-0.1, -0.05) is 0 Å². The molecule has 1 amide bonds. The molecule has 0 unspecified atom stereocenters. The summed E-state index contributed by atoms with van der Waals surface area (Å²) in [5.74, 6) is 1.16. The average molecular weight is 258 g/mol. The van der Waals surface area contributed by atoms with Gasteiger partial charge in [0.15, 0.2) is 11.5 Å². The normalized spacial score (nSPS) is 13.5. The summed E-state index contributed by atoms with van der Waals surface area (Å²) in [7, 11) is 0. The van der Waals surface area contributed by atoms with Crippen molar-refractivity contribution in [2.45, 2.75) is 12.8 Å². The fraction of sp³-hybridized carbons (Fsp3) is 0.286. The summed E-state index contributed by atoms with van der Waals surface area (Å²) in [6, 6.07) is 5.79. The number of amides is 1. The Morgan fingerprint density at radius 2 is 2.00 bits per heavy atom. The molecular weight excluding hydrogens is 244 g/mol. The maximum absolute atomic E-state index is 10.9. The molecule has 0 spiro atoms. The van der Waals surface area contributed by atoms with Gasteiger partial charge in [-0.15, -0.1) is 0 Å². The number of fused-ring (bicyclic) bond motifs is 2. The smallest absolute Gasteiger partial charge is 0.217 e. The number of ether oxygens (including phenoxy) is 2. The van der Waals surface area contributed by atoms with Crippen molar-refractivity contribution in [3.8, 4) is 11.5 Å². The SMILES string of the molecule is NC(=O)CCc1nccc2cc3c(cc12)OCCO3. The molecule has 1 aromatic heterocycles. The zero-order valence-corrected chi connectivity index (χ0v) is 10.4. The van der Waals surface area contributed by atoms with Crippen LogP contribution in [-0.2, 0) is 11.2 Å². The second-order valence-electron chi connectivity index (χ2n) is 4.44. The fourth-order valence-corrected chi connectivity index (χ4v) is 2.21. The third-order valence-corrected chi connectivity index (χ3v) is 3.12. The molecule has 0 saturated heterocycles. The van der Waals surface area contributed by atoms with Crippen molar-refractivity contribution in [2.75, 3.05) is 13.2 Å². The van der Waals surface area contributed by atoms with E-state index in [4.69, 9.17) is 15.2 Å². The van der Waals surface area contributed by atoms with E-state index in [2.05, 4.69) is 4.98 Å². The van der Waals surface area contributed by atoms with E-state index in [0.29, 0.717) is 26.1 Å². The molecule has 5 heteroatoms. The number of rotatable bonds is 3. The van der Waals surface area contributed by atoms with Crippen LogP contribution in [0.25, 0.3) is 10.8 Å². The number of aromatic nitrogens is 1. The molecule has 0 atom stereocenters. The van der Waals surface area contributed by atoms with Gasteiger partial charge in [-0.25, -0.2) is 0 Å². The van der Waals surface area contributed by atoms with Crippen LogP contribution >= 0.6 is 0 Å². The van der Waals surface area contributed by atoms with Crippen molar-refractivity contribution in [3.05, 3.63) is 30.1 Å². The second kappa shape index (κ2) is 4.76. The number of nitrogens with two attached hydrogens (primary N) is 1. The molecule has 0 aliphatic carbocycles. The standard InChI is InChI=1S/C14H14N2O3/c15-14(17)2-1-11-10-8-13-12(18-5-6-19-13)7-9(10)3-4-16-11/h3-4,7-8H,1-2,5-6H2,(H2,15,17). The van der Waals surface area contributed by atoms with E-state index in [1.807, 2.05) is 18.2 Å². The van der Waals surface area contributed by atoms with Crippen LogP contribution in [0.4, 0.5) is 0 Å². The third kappa shape index (κ3) is 2.31. The molecule has 0 radical (unpaired) electrons. The van der Waals surface area contributed by atoms with Crippen LogP contribution in [0.2, 0.25) is 0 Å². The Morgan fingerprint density at radius 3 is 2.74 bits per heavy atom. The summed E-state index contributed by atoms with van der Waals surface area (Å²) in [6.45, 7) is 1.12. The number of aryl methyl sites for hydroxylation is 1. The van der Waals surface area contributed by atoms with Crippen LogP contribution in [0.1, 0.15) is 12.1 Å². The Balaban J connectivity index is 2.05. The first-order valence-corrected chi connectivity index (χ1v) is 6.19. The van der Waals surface area contributed by atoms with Crippen molar-refractivity contribution >= 4 is 16.7 Å². The van der Waals surface area contributed by atoms with E-state index in [1.54, 1.807) is 6.20 Å². The third-order valence-electron chi connectivity index (χ3n) is 3.12. The molecule has 3 rings (SSSR count). The molecule has 98 valence electrons. The molecule has 0 saturated carbocycles. The number of pyridine rings is 1. The van der Waals surface area contributed by atoms with Gasteiger partial charge in [0.05, 0.1) is 0 Å². The van der Waals surface area contributed by atoms with Gasteiger partial charge < -0.3 is 15.2 Å². The molecule has 2 N–H and O–H groups in total. The predicted molar refractivity (Wildman–Crippen MR) is 70.2 cm³/mol. The largest absolute Gasteiger partial charge is 0.486 e. The van der Waals surface area contributed by atoms with Gasteiger partial charge in [-0.3, -0.25) is 9.78 Å². The van der Waals surface area contributed by atoms with E-state index in [-0.39, 0.29) is 5.91 Å². The first-order chi connectivity index (χ1) is 9.24. The van der Waals surface area contributed by atoms with E-state index < -0.39 is 0 Å². The zero-order chi connectivity index (χ0) is 13.2. The van der Waals surface area contributed by atoms with Crippen LogP contribution in [0.3, 0.4) is 0 Å². The quantitative estimate of drug-likeness (QED) is 0.903. The number of carbonyl (C=O) groups is 1. The molecular formula is C14H14N2O3. The molecule has 0 fully saturated rings. The van der Waals surface area contributed by atoms with E-state index in [1.165, 1.54) is 0 Å². The van der Waals surface area contributed by atoms with E-state index in [0.717, 1.165) is 28.0 Å². The van der Waals surface area contributed by atoms with Gasteiger partial charge in [0, 0.05) is 23.7 Å². The Kier molecular flexibility index (Phi) is 2.95. The summed E-state index contributed by atoms with van der Waals surface area (Å²) < 4.78 is 11.1. The summed E-state index contributed by atoms with van der Waals surface area (Å²) in [6.07, 6.45) is 2.56. The van der Waals surface area contributed by atoms with Crippen molar-refractivity contribution in [3.63, 3.8) is 0 Å². The van der Waals surface area contributed by atoms with Crippen LogP contribution in [0.15, 0.2) is 24.4 Å². The highest BCUT2D eigenvalue weighted by molar-refractivity contribution is 5.88. The summed E-state index contributed by atoms with van der Waals surface area (Å²) in [5, 5.41) is 2.01. The maximum Gasteiger partial charge on any atom is 0.217 e. The fourth-order valence-electron chi connectivity index (χ4n) is 2.21. The summed E-state index contributed by atoms with van der Waals surface area (Å²) in [4.78, 5) is 15.2. The Hall–Kier alpha value is -2.30. The summed E-state index contributed by atoms with van der Waals surface area (Å²) >= 11 is 0. The predicted octanol–water partition coefficient (Wildman–Crippen LogP) is 1.42. The highest BCUT2D eigenvalue weighted by Gasteiger charge is 2.14. The van der Waals surface area contributed by atoms with Crippen LogP contribution in [0, 0.1) is 0 Å². The van der Waals surface area contributed by atoms with Gasteiger partial charge >= 0.3 is 0 Å². The topological polar surface area (TPSA) is 74.4 Å². The van der Waals surface area contributed by atoms with Gasteiger partial charge in [0.2, 0.25) is 5.91 Å². The van der Waals surface area contributed by atoms with Crippen LogP contribution in [-0.4, -0.2) is 24.1 Å². The summed E-state index contributed by atoms with van der Waals surface area (Å²) in [5.41, 5.74) is 6.04. The highest BCUT2D eigenvalue weighted by atomic mass is 16.6. The second-order valence-corrected chi connectivity index (χ2v) is 4.44. The number of nitrogens with zero attached hydrogens (tertiary/aromatic N) is 1. The van der Waals surface area contributed by atoms with Crippen LogP contribution < -0.4 is 15.2 Å². The van der Waals surface area contributed by atoms with E-state index in [9.17, 15) is 4.79 Å². The number of primary amides is 1. The highest BCUT2D eigenvalue weighted by Crippen LogP contribution is 2.35. The van der Waals surface area contributed by atoms with Gasteiger partial charge in [0.1, 0.15) is 13.2 Å². The molecule has 0 bridgehead atoms. The Morgan fingerprint density at radius 1 is 1.26 bits per heavy atom. The lowest BCUT2D eigenvalue weighted by Crippen LogP contribution is -2.15. The minimum atomic E-state index is -0.323. The minimum Gasteiger partial charge on any atom is -0.486 e. The van der Waals surface area contributed by atoms with Gasteiger partial charge in [0.25, 0.3) is 0 Å². The first kappa shape index (κ1) is 11.8. The van der Waals surface area contributed by atoms with Crippen molar-refractivity contribution in [2.24, 2.45) is 5.73 Å². The maximum atomic E-state index is 10.9. The Bertz CT molecular complexity index is 640. The molecule has 2 heterocycles. The number of carbonyl (C=O) groups excluding carboxylic acids is 1. The minimum absolute atomic E-state index is 0.292. The molecule has 1 aliphatic heterocycles. The van der Waals surface area contributed by atoms with Crippen molar-refractivity contribution in [1.82, 2.24) is 4.98 Å². The van der Waals surface area contributed by atoms with Crippen molar-refractivity contribution < 1.29 is 14.3 Å². The molecule has 19 heavy (non-hydrogen) atoms. The molecule has 5 nitrogen and oxygen atoms in total. The van der Waals surface area contributed by atoms with E-state index >= 15 is 0 Å². The van der Waals surface area contributed by atoms with Gasteiger partial charge in [-0.2, -0.15) is 0 Å². The molecule has 1 aliphatic rings. The Labute approximate surface area is 110 Å². The van der Waals surface area contributed by atoms with Gasteiger partial charge in [-0.05, 0) is 30.0 Å². The number of hydrogen-bond donors (Lipinski definition) is 1. The van der Waals surface area contributed by atoms with Crippen LogP contribution in [0.5, 0.6) is 11.5 Å². The first-order valence-electron chi connectivity index (χ1n) is 6.19. The number of hydrogen-bond acceptors (Lipinski definition) is 4. The molecule has 1 aromatic carbocycles. The zero-order valence-electron chi connectivity index (χ0n) is 10.4. The lowest BCUT2D eigenvalue weighted by molar-refractivity contribution is -0.118.